The molecule has 4 heteroatoms. The first-order valence-corrected chi connectivity index (χ1v) is 6.07. The number of amides is 1. The van der Waals surface area contributed by atoms with Gasteiger partial charge in [0.25, 0.3) is 5.91 Å². The summed E-state index contributed by atoms with van der Waals surface area (Å²) in [5.74, 6) is 0.259. The molecule has 0 aliphatic heterocycles. The van der Waals surface area contributed by atoms with Crippen LogP contribution in [0.3, 0.4) is 0 Å². The molecule has 0 saturated carbocycles. The van der Waals surface area contributed by atoms with E-state index in [9.17, 15) is 4.79 Å². The van der Waals surface area contributed by atoms with Crippen molar-refractivity contribution in [2.24, 2.45) is 5.92 Å². The van der Waals surface area contributed by atoms with Crippen molar-refractivity contribution >= 4 is 11.6 Å². The molecule has 0 bridgehead atoms. The van der Waals surface area contributed by atoms with E-state index in [1.54, 1.807) is 29.2 Å². The SMILES string of the molecule is CC(C)CN(CCC#N)C(=O)c1ccccc1N. The molecule has 0 radical (unpaired) electrons. The second-order valence-electron chi connectivity index (χ2n) is 4.64. The van der Waals surface area contributed by atoms with Gasteiger partial charge in [-0.05, 0) is 18.1 Å². The van der Waals surface area contributed by atoms with Crippen molar-refractivity contribution in [3.8, 4) is 6.07 Å². The van der Waals surface area contributed by atoms with E-state index in [4.69, 9.17) is 11.0 Å². The number of hydrogen-bond donors (Lipinski definition) is 1. The summed E-state index contributed by atoms with van der Waals surface area (Å²) in [5.41, 5.74) is 6.80. The van der Waals surface area contributed by atoms with E-state index in [0.717, 1.165) is 0 Å². The largest absolute Gasteiger partial charge is 0.398 e. The van der Waals surface area contributed by atoms with Crippen LogP contribution in [0.2, 0.25) is 0 Å². The molecular formula is C14H19N3O. The fourth-order valence-electron chi connectivity index (χ4n) is 1.76. The molecule has 0 spiro atoms. The maximum atomic E-state index is 12.3. The molecule has 1 aromatic carbocycles. The van der Waals surface area contributed by atoms with Gasteiger partial charge in [-0.25, -0.2) is 0 Å². The Bertz CT molecular complexity index is 449. The lowest BCUT2D eigenvalue weighted by Crippen LogP contribution is -2.35. The Hall–Kier alpha value is -2.02. The second kappa shape index (κ2) is 6.65. The van der Waals surface area contributed by atoms with Gasteiger partial charge >= 0.3 is 0 Å². The Labute approximate surface area is 108 Å². The van der Waals surface area contributed by atoms with Gasteiger partial charge in [0.1, 0.15) is 0 Å². The number of carbonyl (C=O) groups is 1. The normalized spacial score (nSPS) is 10.1. The van der Waals surface area contributed by atoms with Crippen molar-refractivity contribution in [3.63, 3.8) is 0 Å². The van der Waals surface area contributed by atoms with Crippen LogP contribution < -0.4 is 5.73 Å². The Balaban J connectivity index is 2.88. The van der Waals surface area contributed by atoms with Crippen molar-refractivity contribution < 1.29 is 4.79 Å². The molecule has 96 valence electrons. The zero-order chi connectivity index (χ0) is 13.5. The first-order valence-electron chi connectivity index (χ1n) is 6.07. The van der Waals surface area contributed by atoms with Gasteiger partial charge in [0.15, 0.2) is 0 Å². The van der Waals surface area contributed by atoms with Gasteiger partial charge in [-0.3, -0.25) is 4.79 Å². The fourth-order valence-corrected chi connectivity index (χ4v) is 1.76. The van der Waals surface area contributed by atoms with Crippen LogP contribution in [0.15, 0.2) is 24.3 Å². The smallest absolute Gasteiger partial charge is 0.255 e. The van der Waals surface area contributed by atoms with Crippen molar-refractivity contribution in [1.82, 2.24) is 4.90 Å². The number of anilines is 1. The topological polar surface area (TPSA) is 70.1 Å². The summed E-state index contributed by atoms with van der Waals surface area (Å²) >= 11 is 0. The van der Waals surface area contributed by atoms with E-state index in [1.165, 1.54) is 0 Å². The lowest BCUT2D eigenvalue weighted by Gasteiger charge is -2.24. The summed E-state index contributed by atoms with van der Waals surface area (Å²) in [6.45, 7) is 5.17. The average molecular weight is 245 g/mol. The molecule has 0 heterocycles. The highest BCUT2D eigenvalue weighted by atomic mass is 16.2. The summed E-state index contributed by atoms with van der Waals surface area (Å²) in [5, 5.41) is 8.64. The van der Waals surface area contributed by atoms with Crippen LogP contribution in [-0.4, -0.2) is 23.9 Å². The molecule has 18 heavy (non-hydrogen) atoms. The maximum absolute atomic E-state index is 12.3. The molecule has 0 saturated heterocycles. The monoisotopic (exact) mass is 245 g/mol. The molecule has 1 aromatic rings. The highest BCUT2D eigenvalue weighted by Gasteiger charge is 2.18. The third kappa shape index (κ3) is 3.77. The highest BCUT2D eigenvalue weighted by molar-refractivity contribution is 5.99. The van der Waals surface area contributed by atoms with Gasteiger partial charge in [0, 0.05) is 18.8 Å². The molecule has 4 nitrogen and oxygen atoms in total. The zero-order valence-electron chi connectivity index (χ0n) is 10.9. The molecule has 0 fully saturated rings. The van der Waals surface area contributed by atoms with Crippen molar-refractivity contribution in [1.29, 1.82) is 5.26 Å². The number of para-hydroxylation sites is 1. The Morgan fingerprint density at radius 1 is 1.44 bits per heavy atom. The van der Waals surface area contributed by atoms with Crippen LogP contribution in [0.1, 0.15) is 30.6 Å². The summed E-state index contributed by atoms with van der Waals surface area (Å²) in [7, 11) is 0. The fraction of sp³-hybridized carbons (Fsp3) is 0.429. The number of nitrogen functional groups attached to an aromatic ring is 1. The molecule has 0 aromatic heterocycles. The van der Waals surface area contributed by atoms with Crippen LogP contribution in [-0.2, 0) is 0 Å². The first kappa shape index (κ1) is 14.0. The van der Waals surface area contributed by atoms with E-state index in [1.807, 2.05) is 13.8 Å². The average Bonchev–Trinajstić information content (AvgIpc) is 2.34. The molecule has 0 aliphatic rings. The first-order chi connectivity index (χ1) is 8.56. The molecule has 2 N–H and O–H groups in total. The van der Waals surface area contributed by atoms with Gasteiger partial charge in [-0.2, -0.15) is 5.26 Å². The number of nitriles is 1. The number of hydrogen-bond acceptors (Lipinski definition) is 3. The van der Waals surface area contributed by atoms with E-state index >= 15 is 0 Å². The Morgan fingerprint density at radius 3 is 2.67 bits per heavy atom. The van der Waals surface area contributed by atoms with E-state index in [-0.39, 0.29) is 5.91 Å². The quantitative estimate of drug-likeness (QED) is 0.809. The summed E-state index contributed by atoms with van der Waals surface area (Å²) in [4.78, 5) is 14.0. The molecule has 1 amide bonds. The van der Waals surface area contributed by atoms with Crippen molar-refractivity contribution in [3.05, 3.63) is 29.8 Å². The molecule has 0 aliphatic carbocycles. The minimum Gasteiger partial charge on any atom is -0.398 e. The zero-order valence-corrected chi connectivity index (χ0v) is 10.9. The van der Waals surface area contributed by atoms with Crippen LogP contribution in [0.25, 0.3) is 0 Å². The predicted molar refractivity (Wildman–Crippen MR) is 71.8 cm³/mol. The third-order valence-electron chi connectivity index (χ3n) is 2.56. The predicted octanol–water partition coefficient (Wildman–Crippen LogP) is 2.28. The van der Waals surface area contributed by atoms with Gasteiger partial charge in [-0.1, -0.05) is 26.0 Å². The van der Waals surface area contributed by atoms with E-state index in [0.29, 0.717) is 36.7 Å². The second-order valence-corrected chi connectivity index (χ2v) is 4.64. The van der Waals surface area contributed by atoms with Crippen molar-refractivity contribution in [2.45, 2.75) is 20.3 Å². The number of nitrogens with two attached hydrogens (primary N) is 1. The number of carbonyl (C=O) groups excluding carboxylic acids is 1. The summed E-state index contributed by atoms with van der Waals surface area (Å²) < 4.78 is 0. The molecular weight excluding hydrogens is 226 g/mol. The lowest BCUT2D eigenvalue weighted by atomic mass is 10.1. The standard InChI is InChI=1S/C14H19N3O/c1-11(2)10-17(9-5-8-15)14(18)12-6-3-4-7-13(12)16/h3-4,6-7,11H,5,9-10,16H2,1-2H3. The molecule has 0 atom stereocenters. The maximum Gasteiger partial charge on any atom is 0.255 e. The Kier molecular flexibility index (Phi) is 5.19. The number of nitrogens with zero attached hydrogens (tertiary/aromatic N) is 2. The van der Waals surface area contributed by atoms with Crippen LogP contribution in [0.4, 0.5) is 5.69 Å². The van der Waals surface area contributed by atoms with Gasteiger partial charge < -0.3 is 10.6 Å². The van der Waals surface area contributed by atoms with Crippen LogP contribution in [0.5, 0.6) is 0 Å². The lowest BCUT2D eigenvalue weighted by molar-refractivity contribution is 0.0741. The minimum absolute atomic E-state index is 0.1000. The van der Waals surface area contributed by atoms with Crippen molar-refractivity contribution in [2.75, 3.05) is 18.8 Å². The summed E-state index contributed by atoms with van der Waals surface area (Å²) in [6, 6.07) is 9.09. The third-order valence-corrected chi connectivity index (χ3v) is 2.56. The van der Waals surface area contributed by atoms with Gasteiger partial charge in [-0.15, -0.1) is 0 Å². The van der Waals surface area contributed by atoms with Gasteiger partial charge in [0.2, 0.25) is 0 Å². The number of rotatable bonds is 5. The highest BCUT2D eigenvalue weighted by Crippen LogP contribution is 2.14. The molecule has 1 rings (SSSR count). The Morgan fingerprint density at radius 2 is 2.11 bits per heavy atom. The van der Waals surface area contributed by atoms with E-state index in [2.05, 4.69) is 6.07 Å². The van der Waals surface area contributed by atoms with E-state index < -0.39 is 0 Å². The van der Waals surface area contributed by atoms with Gasteiger partial charge in [0.05, 0.1) is 18.1 Å². The van der Waals surface area contributed by atoms with Crippen LogP contribution >= 0.6 is 0 Å². The minimum atomic E-state index is -0.1000. The summed E-state index contributed by atoms with van der Waals surface area (Å²) in [6.07, 6.45) is 0.338. The molecule has 0 unspecified atom stereocenters. The number of benzene rings is 1. The van der Waals surface area contributed by atoms with Crippen LogP contribution in [0, 0.1) is 17.2 Å².